The highest BCUT2D eigenvalue weighted by molar-refractivity contribution is 7.09. The van der Waals surface area contributed by atoms with E-state index in [9.17, 15) is 4.79 Å². The van der Waals surface area contributed by atoms with Crippen LogP contribution in [0.4, 0.5) is 0 Å². The van der Waals surface area contributed by atoms with E-state index in [1.54, 1.807) is 11.3 Å². The number of likely N-dealkylation sites (tertiary alicyclic amines) is 1. The van der Waals surface area contributed by atoms with Crippen molar-refractivity contribution in [2.75, 3.05) is 19.6 Å². The molecule has 1 aromatic heterocycles. The molecule has 24 heavy (non-hydrogen) atoms. The molecule has 3 heterocycles. The highest BCUT2D eigenvalue weighted by atomic mass is 32.1. The number of carbonyl (C=O) groups excluding carboxylic acids is 1. The van der Waals surface area contributed by atoms with Gasteiger partial charge in [0.1, 0.15) is 0 Å². The van der Waals surface area contributed by atoms with Crippen LogP contribution in [0.2, 0.25) is 0 Å². The summed E-state index contributed by atoms with van der Waals surface area (Å²) in [7, 11) is 0. The molecule has 4 nitrogen and oxygen atoms in total. The highest BCUT2D eigenvalue weighted by Crippen LogP contribution is 2.34. The molecule has 0 aliphatic carbocycles. The summed E-state index contributed by atoms with van der Waals surface area (Å²) < 4.78 is 0. The van der Waals surface area contributed by atoms with Gasteiger partial charge in [-0.15, -0.1) is 11.3 Å². The molecule has 2 saturated heterocycles. The summed E-state index contributed by atoms with van der Waals surface area (Å²) in [4.78, 5) is 19.8. The van der Waals surface area contributed by atoms with Gasteiger partial charge in [-0.25, -0.2) is 4.98 Å². The topological polar surface area (TPSA) is 45.2 Å². The van der Waals surface area contributed by atoms with Crippen molar-refractivity contribution in [2.45, 2.75) is 70.8 Å². The molecule has 0 spiro atoms. The van der Waals surface area contributed by atoms with Gasteiger partial charge in [-0.1, -0.05) is 20.8 Å². The van der Waals surface area contributed by atoms with Gasteiger partial charge in [0.15, 0.2) is 0 Å². The van der Waals surface area contributed by atoms with Crippen molar-refractivity contribution in [2.24, 2.45) is 5.92 Å². The van der Waals surface area contributed by atoms with Gasteiger partial charge in [-0.3, -0.25) is 4.79 Å². The van der Waals surface area contributed by atoms with Gasteiger partial charge in [0.25, 0.3) is 0 Å². The number of amides is 1. The lowest BCUT2D eigenvalue weighted by Gasteiger charge is -2.36. The summed E-state index contributed by atoms with van der Waals surface area (Å²) in [5.41, 5.74) is 1.32. The third-order valence-corrected chi connectivity index (χ3v) is 6.43. The lowest BCUT2D eigenvalue weighted by molar-refractivity contribution is -0.137. The molecule has 134 valence electrons. The zero-order chi connectivity index (χ0) is 17.3. The maximum atomic E-state index is 12.8. The highest BCUT2D eigenvalue weighted by Gasteiger charge is 2.32. The summed E-state index contributed by atoms with van der Waals surface area (Å²) in [6.45, 7) is 11.6. The molecular weight excluding hydrogens is 318 g/mol. The predicted octanol–water partition coefficient (Wildman–Crippen LogP) is 3.53. The Morgan fingerprint density at radius 1 is 1.29 bits per heavy atom. The van der Waals surface area contributed by atoms with Gasteiger partial charge in [0, 0.05) is 41.8 Å². The monoisotopic (exact) mass is 349 g/mol. The number of carbonyl (C=O) groups is 1. The predicted molar refractivity (Wildman–Crippen MR) is 99.6 cm³/mol. The first kappa shape index (κ1) is 17.9. The van der Waals surface area contributed by atoms with E-state index in [-0.39, 0.29) is 11.3 Å². The average Bonchev–Trinajstić information content (AvgIpc) is 3.04. The van der Waals surface area contributed by atoms with Crippen LogP contribution in [0.15, 0.2) is 5.38 Å². The molecule has 0 bridgehead atoms. The normalized spacial score (nSPS) is 26.6. The second-order valence-corrected chi connectivity index (χ2v) is 9.39. The Hall–Kier alpha value is -0.940. The first-order valence-corrected chi connectivity index (χ1v) is 10.2. The Bertz CT molecular complexity index is 569. The minimum atomic E-state index is 0.122. The van der Waals surface area contributed by atoms with Crippen molar-refractivity contribution < 1.29 is 4.79 Å². The molecular formula is C19H31N3OS. The van der Waals surface area contributed by atoms with Gasteiger partial charge in [0.05, 0.1) is 10.7 Å². The van der Waals surface area contributed by atoms with Crippen LogP contribution in [-0.2, 0) is 10.2 Å². The van der Waals surface area contributed by atoms with Crippen LogP contribution in [0.1, 0.15) is 70.0 Å². The molecule has 0 saturated carbocycles. The Morgan fingerprint density at radius 2 is 2.00 bits per heavy atom. The van der Waals surface area contributed by atoms with Gasteiger partial charge in [-0.2, -0.15) is 0 Å². The SMILES string of the molecule is C[C@H]1C[C@@H](C(=O)N2CCC(c3nc(C(C)(C)C)cs3)CC2)CCN1. The summed E-state index contributed by atoms with van der Waals surface area (Å²) in [6, 6.07) is 0.469. The second-order valence-electron chi connectivity index (χ2n) is 8.50. The van der Waals surface area contributed by atoms with Crippen LogP contribution in [-0.4, -0.2) is 41.5 Å². The summed E-state index contributed by atoms with van der Waals surface area (Å²) >= 11 is 1.80. The van der Waals surface area contributed by atoms with Crippen molar-refractivity contribution in [1.82, 2.24) is 15.2 Å². The second kappa shape index (κ2) is 7.12. The lowest BCUT2D eigenvalue weighted by atomic mass is 9.90. The first-order valence-electron chi connectivity index (χ1n) is 9.32. The third-order valence-electron chi connectivity index (χ3n) is 5.42. The molecule has 2 fully saturated rings. The van der Waals surface area contributed by atoms with Crippen molar-refractivity contribution >= 4 is 17.2 Å². The average molecular weight is 350 g/mol. The molecule has 2 atom stereocenters. The fraction of sp³-hybridized carbons (Fsp3) is 0.789. The molecule has 0 unspecified atom stereocenters. The minimum absolute atomic E-state index is 0.122. The number of thiazole rings is 1. The van der Waals surface area contributed by atoms with E-state index in [2.05, 4.69) is 43.3 Å². The van der Waals surface area contributed by atoms with Crippen LogP contribution >= 0.6 is 11.3 Å². The number of hydrogen-bond donors (Lipinski definition) is 1. The number of nitrogens with one attached hydrogen (secondary N) is 1. The molecule has 2 aliphatic rings. The van der Waals surface area contributed by atoms with Crippen LogP contribution in [0.3, 0.4) is 0 Å². The van der Waals surface area contributed by atoms with E-state index in [1.807, 2.05) is 0 Å². The maximum absolute atomic E-state index is 12.8. The van der Waals surface area contributed by atoms with Crippen LogP contribution < -0.4 is 5.32 Å². The van der Waals surface area contributed by atoms with E-state index in [4.69, 9.17) is 4.98 Å². The van der Waals surface area contributed by atoms with Crippen LogP contribution in [0, 0.1) is 5.92 Å². The van der Waals surface area contributed by atoms with Gasteiger partial charge >= 0.3 is 0 Å². The number of aromatic nitrogens is 1. The van der Waals surface area contributed by atoms with E-state index in [1.165, 1.54) is 10.7 Å². The van der Waals surface area contributed by atoms with Gasteiger partial charge < -0.3 is 10.2 Å². The summed E-state index contributed by atoms with van der Waals surface area (Å²) in [6.07, 6.45) is 4.09. The maximum Gasteiger partial charge on any atom is 0.225 e. The number of nitrogens with zero attached hydrogens (tertiary/aromatic N) is 2. The molecule has 3 rings (SSSR count). The standard InChI is InChI=1S/C19H31N3OS/c1-13-11-15(5-8-20-13)18(23)22-9-6-14(7-10-22)17-21-16(12-24-17)19(2,3)4/h12-15,20H,5-11H2,1-4H3/t13-,15-/m0/s1. The molecule has 1 N–H and O–H groups in total. The number of piperidine rings is 2. The van der Waals surface area contributed by atoms with Crippen molar-refractivity contribution in [1.29, 1.82) is 0 Å². The first-order chi connectivity index (χ1) is 11.3. The van der Waals surface area contributed by atoms with E-state index in [0.29, 0.717) is 17.9 Å². The smallest absolute Gasteiger partial charge is 0.225 e. The number of hydrogen-bond acceptors (Lipinski definition) is 4. The Morgan fingerprint density at radius 3 is 2.58 bits per heavy atom. The molecule has 5 heteroatoms. The van der Waals surface area contributed by atoms with E-state index < -0.39 is 0 Å². The summed E-state index contributed by atoms with van der Waals surface area (Å²) in [5.74, 6) is 1.14. The molecule has 0 aromatic carbocycles. The fourth-order valence-corrected chi connectivity index (χ4v) is 5.00. The quantitative estimate of drug-likeness (QED) is 0.888. The van der Waals surface area contributed by atoms with E-state index in [0.717, 1.165) is 45.3 Å². The van der Waals surface area contributed by atoms with Crippen LogP contribution in [0.25, 0.3) is 0 Å². The van der Waals surface area contributed by atoms with Gasteiger partial charge in [0.2, 0.25) is 5.91 Å². The molecule has 2 aliphatic heterocycles. The van der Waals surface area contributed by atoms with Crippen LogP contribution in [0.5, 0.6) is 0 Å². The zero-order valence-electron chi connectivity index (χ0n) is 15.5. The summed E-state index contributed by atoms with van der Waals surface area (Å²) in [5, 5.41) is 6.91. The Labute approximate surface area is 150 Å². The Kier molecular flexibility index (Phi) is 5.30. The van der Waals surface area contributed by atoms with E-state index >= 15 is 0 Å². The molecule has 1 aromatic rings. The zero-order valence-corrected chi connectivity index (χ0v) is 16.3. The fourth-order valence-electron chi connectivity index (χ4n) is 3.78. The number of rotatable bonds is 2. The van der Waals surface area contributed by atoms with Crippen molar-refractivity contribution in [3.63, 3.8) is 0 Å². The third kappa shape index (κ3) is 3.99. The van der Waals surface area contributed by atoms with Crippen molar-refractivity contribution in [3.05, 3.63) is 16.1 Å². The largest absolute Gasteiger partial charge is 0.342 e. The Balaban J connectivity index is 1.55. The molecule has 1 amide bonds. The lowest BCUT2D eigenvalue weighted by Crippen LogP contribution is -2.46. The minimum Gasteiger partial charge on any atom is -0.342 e. The van der Waals surface area contributed by atoms with Crippen molar-refractivity contribution in [3.8, 4) is 0 Å². The molecule has 0 radical (unpaired) electrons. The van der Waals surface area contributed by atoms with Gasteiger partial charge in [-0.05, 0) is 39.2 Å².